The Morgan fingerprint density at radius 3 is 2.31 bits per heavy atom. The van der Waals surface area contributed by atoms with Crippen molar-refractivity contribution in [3.8, 4) is 22.6 Å². The maximum atomic E-state index is 13.8. The molecule has 2 N–H and O–H groups in total. The summed E-state index contributed by atoms with van der Waals surface area (Å²) in [5, 5.41) is 4.59. The molecule has 0 bridgehead atoms. The Morgan fingerprint density at radius 2 is 1.63 bits per heavy atom. The number of hydrogen-bond acceptors (Lipinski definition) is 7. The topological polar surface area (TPSA) is 112 Å². The summed E-state index contributed by atoms with van der Waals surface area (Å²) in [6.45, 7) is 2.92. The summed E-state index contributed by atoms with van der Waals surface area (Å²) >= 11 is 13.5. The second-order valence-electron chi connectivity index (χ2n) is 11.9. The molecule has 0 aliphatic carbocycles. The standard InChI is InChI=1S/C40H37Cl2N3O6/c1-5-51-22-24-17-33(48-2)35(34(18-24)49-3)28-14-13-25(27-12-9-15-43-38(27)28)19-32(40(47)50-4)45-39(46)36-30(41)21-31-29(37(36)42)20-26(44-31)16-23-10-7-6-8-11-23/h6-15,17-18,20-21,32,44H,5,16,19,22H2,1-4H3,(H,45,46)/t32-/m0/s1. The normalized spacial score (nSPS) is 11.8. The van der Waals surface area contributed by atoms with Crippen LogP contribution in [0.1, 0.15) is 39.7 Å². The average Bonchev–Trinajstić information content (AvgIpc) is 3.55. The molecule has 2 heterocycles. The molecule has 1 atom stereocenters. The van der Waals surface area contributed by atoms with Crippen molar-refractivity contribution in [1.29, 1.82) is 0 Å². The monoisotopic (exact) mass is 725 g/mol. The summed E-state index contributed by atoms with van der Waals surface area (Å²) in [5.74, 6) is -0.0286. The number of methoxy groups -OCH3 is 3. The Bertz CT molecular complexity index is 2190. The average molecular weight is 727 g/mol. The van der Waals surface area contributed by atoms with E-state index in [0.717, 1.165) is 38.9 Å². The number of nitrogens with zero attached hydrogens (tertiary/aromatic N) is 1. The van der Waals surface area contributed by atoms with Crippen molar-refractivity contribution in [3.05, 3.63) is 123 Å². The Balaban J connectivity index is 1.33. The van der Waals surface area contributed by atoms with E-state index in [1.54, 1.807) is 26.5 Å². The Morgan fingerprint density at radius 1 is 0.882 bits per heavy atom. The molecule has 9 nitrogen and oxygen atoms in total. The van der Waals surface area contributed by atoms with Gasteiger partial charge in [0.15, 0.2) is 0 Å². The van der Waals surface area contributed by atoms with Crippen LogP contribution < -0.4 is 14.8 Å². The fourth-order valence-electron chi connectivity index (χ4n) is 6.31. The van der Waals surface area contributed by atoms with Crippen molar-refractivity contribution in [3.63, 3.8) is 0 Å². The lowest BCUT2D eigenvalue weighted by Gasteiger charge is -2.20. The SMILES string of the molecule is CCOCc1cc(OC)c(-c2ccc(C[C@H](NC(=O)c3c(Cl)cc4[nH]c(Cc5ccccc5)cc4c3Cl)C(=O)OC)c3cccnc23)c(OC)c1. The molecule has 2 aromatic heterocycles. The van der Waals surface area contributed by atoms with Crippen LogP contribution in [-0.4, -0.2) is 55.8 Å². The van der Waals surface area contributed by atoms with Gasteiger partial charge in [0, 0.05) is 53.2 Å². The number of pyridine rings is 1. The van der Waals surface area contributed by atoms with Crippen LogP contribution in [0.2, 0.25) is 10.0 Å². The lowest BCUT2D eigenvalue weighted by atomic mass is 9.93. The summed E-state index contributed by atoms with van der Waals surface area (Å²) in [6.07, 6.45) is 2.45. The van der Waals surface area contributed by atoms with Crippen molar-refractivity contribution < 1.29 is 28.5 Å². The van der Waals surface area contributed by atoms with Gasteiger partial charge in [0.1, 0.15) is 17.5 Å². The highest BCUT2D eigenvalue weighted by atomic mass is 35.5. The Hall–Kier alpha value is -5.09. The van der Waals surface area contributed by atoms with Gasteiger partial charge in [-0.1, -0.05) is 71.7 Å². The van der Waals surface area contributed by atoms with Gasteiger partial charge < -0.3 is 29.2 Å². The molecular weight excluding hydrogens is 689 g/mol. The number of H-pyrrole nitrogens is 1. The number of aromatic amines is 1. The van der Waals surface area contributed by atoms with E-state index < -0.39 is 17.9 Å². The van der Waals surface area contributed by atoms with Gasteiger partial charge in [-0.15, -0.1) is 0 Å². The van der Waals surface area contributed by atoms with E-state index in [-0.39, 0.29) is 22.0 Å². The first-order chi connectivity index (χ1) is 24.8. The van der Waals surface area contributed by atoms with E-state index in [1.165, 1.54) is 7.11 Å². The van der Waals surface area contributed by atoms with E-state index in [4.69, 9.17) is 47.1 Å². The smallest absolute Gasteiger partial charge is 0.328 e. The molecule has 0 spiro atoms. The number of nitrogens with one attached hydrogen (secondary N) is 2. The molecule has 51 heavy (non-hydrogen) atoms. The van der Waals surface area contributed by atoms with Crippen molar-refractivity contribution >= 4 is 56.9 Å². The van der Waals surface area contributed by atoms with Gasteiger partial charge in [0.2, 0.25) is 0 Å². The van der Waals surface area contributed by atoms with Crippen LogP contribution in [0.15, 0.2) is 85.1 Å². The zero-order valence-corrected chi connectivity index (χ0v) is 30.2. The van der Waals surface area contributed by atoms with E-state index in [1.807, 2.05) is 79.7 Å². The summed E-state index contributed by atoms with van der Waals surface area (Å²) in [7, 11) is 4.48. The van der Waals surface area contributed by atoms with Gasteiger partial charge in [-0.25, -0.2) is 4.79 Å². The summed E-state index contributed by atoms with van der Waals surface area (Å²) in [4.78, 5) is 35.1. The molecule has 11 heteroatoms. The fraction of sp³-hybridized carbons (Fsp3) is 0.225. The third kappa shape index (κ3) is 7.51. The molecule has 0 aliphatic heterocycles. The van der Waals surface area contributed by atoms with Crippen molar-refractivity contribution in [2.45, 2.75) is 32.4 Å². The lowest BCUT2D eigenvalue weighted by molar-refractivity contribution is -0.142. The third-order valence-corrected chi connectivity index (χ3v) is 9.41. The van der Waals surface area contributed by atoms with Gasteiger partial charge in [0.25, 0.3) is 5.91 Å². The molecule has 0 aliphatic rings. The summed E-state index contributed by atoms with van der Waals surface area (Å²) in [6, 6.07) is 23.9. The maximum Gasteiger partial charge on any atom is 0.328 e. The van der Waals surface area contributed by atoms with Crippen molar-refractivity contribution in [2.75, 3.05) is 27.9 Å². The molecule has 0 saturated carbocycles. The number of rotatable bonds is 13. The van der Waals surface area contributed by atoms with Crippen LogP contribution in [0.25, 0.3) is 32.9 Å². The first-order valence-corrected chi connectivity index (χ1v) is 17.1. The van der Waals surface area contributed by atoms with Crippen LogP contribution in [0.3, 0.4) is 0 Å². The molecule has 1 amide bonds. The van der Waals surface area contributed by atoms with Crippen LogP contribution in [0.4, 0.5) is 0 Å². The zero-order chi connectivity index (χ0) is 36.1. The minimum atomic E-state index is -1.07. The van der Waals surface area contributed by atoms with E-state index >= 15 is 0 Å². The van der Waals surface area contributed by atoms with Gasteiger partial charge in [-0.3, -0.25) is 9.78 Å². The van der Waals surface area contributed by atoms with E-state index in [2.05, 4.69) is 10.3 Å². The number of halogens is 2. The van der Waals surface area contributed by atoms with Crippen LogP contribution >= 0.6 is 23.2 Å². The Labute approximate surface area is 305 Å². The van der Waals surface area contributed by atoms with E-state index in [0.29, 0.717) is 47.6 Å². The molecule has 6 aromatic rings. The molecule has 4 aromatic carbocycles. The number of carbonyl (C=O) groups excluding carboxylic acids is 2. The number of fused-ring (bicyclic) bond motifs is 2. The number of benzene rings is 4. The number of amides is 1. The predicted molar refractivity (Wildman–Crippen MR) is 200 cm³/mol. The number of esters is 1. The van der Waals surface area contributed by atoms with Gasteiger partial charge in [-0.05, 0) is 53.9 Å². The number of hydrogen-bond donors (Lipinski definition) is 2. The third-order valence-electron chi connectivity index (χ3n) is 8.72. The van der Waals surface area contributed by atoms with Crippen molar-refractivity contribution in [2.24, 2.45) is 0 Å². The number of aromatic nitrogens is 2. The molecule has 262 valence electrons. The van der Waals surface area contributed by atoms with Gasteiger partial charge in [-0.2, -0.15) is 0 Å². The Kier molecular flexibility index (Phi) is 11.1. The fourth-order valence-corrected chi connectivity index (χ4v) is 7.00. The van der Waals surface area contributed by atoms with Crippen LogP contribution in [-0.2, 0) is 33.7 Å². The predicted octanol–water partition coefficient (Wildman–Crippen LogP) is 8.35. The summed E-state index contributed by atoms with van der Waals surface area (Å²) < 4.78 is 22.4. The quantitative estimate of drug-likeness (QED) is 0.115. The van der Waals surface area contributed by atoms with Crippen LogP contribution in [0, 0.1) is 0 Å². The van der Waals surface area contributed by atoms with E-state index in [9.17, 15) is 9.59 Å². The first-order valence-electron chi connectivity index (χ1n) is 16.4. The molecule has 6 rings (SSSR count). The summed E-state index contributed by atoms with van der Waals surface area (Å²) in [5.41, 5.74) is 6.63. The largest absolute Gasteiger partial charge is 0.496 e. The highest BCUT2D eigenvalue weighted by Crippen LogP contribution is 2.43. The minimum Gasteiger partial charge on any atom is -0.496 e. The van der Waals surface area contributed by atoms with Crippen molar-refractivity contribution in [1.82, 2.24) is 15.3 Å². The lowest BCUT2D eigenvalue weighted by Crippen LogP contribution is -2.43. The first kappa shape index (κ1) is 35.7. The number of ether oxygens (including phenoxy) is 4. The maximum absolute atomic E-state index is 13.8. The second-order valence-corrected chi connectivity index (χ2v) is 12.7. The van der Waals surface area contributed by atoms with Gasteiger partial charge in [0.05, 0.1) is 54.6 Å². The molecular formula is C40H37Cl2N3O6. The van der Waals surface area contributed by atoms with Crippen LogP contribution in [0.5, 0.6) is 11.5 Å². The molecule has 0 saturated heterocycles. The molecule has 0 radical (unpaired) electrons. The van der Waals surface area contributed by atoms with Gasteiger partial charge >= 0.3 is 5.97 Å². The minimum absolute atomic E-state index is 0.0684. The second kappa shape index (κ2) is 15.9. The number of carbonyl (C=O) groups is 2. The zero-order valence-electron chi connectivity index (χ0n) is 28.6. The highest BCUT2D eigenvalue weighted by molar-refractivity contribution is 6.43. The molecule has 0 unspecified atom stereocenters. The molecule has 0 fully saturated rings. The highest BCUT2D eigenvalue weighted by Gasteiger charge is 2.28.